The predicted molar refractivity (Wildman–Crippen MR) is 66.4 cm³/mol. The molecule has 2 aromatic heterocycles. The number of anilines is 1. The average Bonchev–Trinajstić information content (AvgIpc) is 2.33. The van der Waals surface area contributed by atoms with Crippen LogP contribution in [0.5, 0.6) is 0 Å². The van der Waals surface area contributed by atoms with Crippen molar-refractivity contribution in [1.29, 1.82) is 0 Å². The van der Waals surface area contributed by atoms with Crippen molar-refractivity contribution in [2.24, 2.45) is 0 Å². The van der Waals surface area contributed by atoms with E-state index in [4.69, 9.17) is 17.3 Å². The molecule has 0 unspecified atom stereocenters. The van der Waals surface area contributed by atoms with Gasteiger partial charge in [-0.25, -0.2) is 19.3 Å². The summed E-state index contributed by atoms with van der Waals surface area (Å²) in [4.78, 5) is 11.5. The van der Waals surface area contributed by atoms with Crippen molar-refractivity contribution < 1.29 is 4.39 Å². The molecule has 2 N–H and O–H groups in total. The number of hydrogen-bond acceptors (Lipinski definition) is 4. The highest BCUT2D eigenvalue weighted by Gasteiger charge is 2.03. The lowest BCUT2D eigenvalue weighted by atomic mass is 10.2. The van der Waals surface area contributed by atoms with Crippen LogP contribution >= 0.6 is 11.6 Å². The molecule has 0 spiro atoms. The Hall–Kier alpha value is -2.19. The first kappa shape index (κ1) is 12.3. The van der Waals surface area contributed by atoms with Gasteiger partial charge in [0.25, 0.3) is 0 Å². The summed E-state index contributed by atoms with van der Waals surface area (Å²) >= 11 is 5.84. The molecule has 0 aliphatic heterocycles. The molecule has 0 saturated carbocycles. The van der Waals surface area contributed by atoms with E-state index in [1.54, 1.807) is 6.92 Å². The first-order valence-electron chi connectivity index (χ1n) is 4.99. The lowest BCUT2D eigenvalue weighted by molar-refractivity contribution is 0.609. The Labute approximate surface area is 108 Å². The summed E-state index contributed by atoms with van der Waals surface area (Å²) in [7, 11) is 0. The normalized spacial score (nSPS) is 9.72. The number of nitrogen functional groups attached to an aromatic ring is 1. The third kappa shape index (κ3) is 2.55. The van der Waals surface area contributed by atoms with E-state index in [0.717, 1.165) is 0 Å². The standard InChI is InChI=1S/C12H8ClFN4/c1-7-10(14)5-3-8(18-7)2-4-9-11(13)16-6-17-12(9)15/h3,5-6H,1H3,(H2,15,16,17). The van der Waals surface area contributed by atoms with Crippen molar-refractivity contribution in [1.82, 2.24) is 15.0 Å². The molecule has 6 heteroatoms. The second-order valence-corrected chi connectivity index (χ2v) is 3.80. The third-order valence-corrected chi connectivity index (χ3v) is 2.45. The van der Waals surface area contributed by atoms with E-state index in [2.05, 4.69) is 26.8 Å². The molecule has 0 aromatic carbocycles. The van der Waals surface area contributed by atoms with Gasteiger partial charge in [0.2, 0.25) is 0 Å². The number of aryl methyl sites for hydroxylation is 1. The summed E-state index contributed by atoms with van der Waals surface area (Å²) in [5, 5.41) is 0.175. The van der Waals surface area contributed by atoms with Crippen molar-refractivity contribution in [3.63, 3.8) is 0 Å². The second-order valence-electron chi connectivity index (χ2n) is 3.44. The molecule has 0 saturated heterocycles. The molecule has 0 atom stereocenters. The molecule has 90 valence electrons. The van der Waals surface area contributed by atoms with Crippen molar-refractivity contribution in [2.75, 3.05) is 5.73 Å². The Morgan fingerprint density at radius 3 is 2.72 bits per heavy atom. The SMILES string of the molecule is Cc1nc(C#Cc2c(N)ncnc2Cl)ccc1F. The summed E-state index contributed by atoms with van der Waals surface area (Å²) in [5.41, 5.74) is 6.66. The molecule has 0 fully saturated rings. The Kier molecular flexibility index (Phi) is 3.40. The first-order chi connectivity index (χ1) is 8.58. The molecule has 18 heavy (non-hydrogen) atoms. The van der Waals surface area contributed by atoms with Crippen LogP contribution in [0, 0.1) is 24.6 Å². The van der Waals surface area contributed by atoms with Gasteiger partial charge in [-0.1, -0.05) is 17.5 Å². The number of hydrogen-bond donors (Lipinski definition) is 1. The number of nitrogens with zero attached hydrogens (tertiary/aromatic N) is 3. The van der Waals surface area contributed by atoms with Crippen LogP contribution in [0.1, 0.15) is 17.0 Å². The maximum atomic E-state index is 13.0. The van der Waals surface area contributed by atoms with E-state index in [0.29, 0.717) is 11.3 Å². The van der Waals surface area contributed by atoms with Gasteiger partial charge in [0.05, 0.1) is 5.69 Å². The summed E-state index contributed by atoms with van der Waals surface area (Å²) in [5.74, 6) is 5.29. The van der Waals surface area contributed by atoms with Crippen LogP contribution < -0.4 is 5.73 Å². The Bertz CT molecular complexity index is 641. The fraction of sp³-hybridized carbons (Fsp3) is 0.0833. The van der Waals surface area contributed by atoms with Gasteiger partial charge < -0.3 is 5.73 Å². The quantitative estimate of drug-likeness (QED) is 0.582. The Morgan fingerprint density at radius 1 is 1.28 bits per heavy atom. The lowest BCUT2D eigenvalue weighted by Gasteiger charge is -1.98. The zero-order valence-corrected chi connectivity index (χ0v) is 10.2. The molecule has 0 bridgehead atoms. The molecule has 2 heterocycles. The smallest absolute Gasteiger partial charge is 0.150 e. The molecule has 4 nitrogen and oxygen atoms in total. The van der Waals surface area contributed by atoms with Gasteiger partial charge in [0.15, 0.2) is 0 Å². The zero-order chi connectivity index (χ0) is 13.1. The second kappa shape index (κ2) is 4.98. The van der Waals surface area contributed by atoms with Gasteiger partial charge in [-0.05, 0) is 25.0 Å². The molecule has 2 aromatic rings. The zero-order valence-electron chi connectivity index (χ0n) is 9.41. The number of halogens is 2. The van der Waals surface area contributed by atoms with Gasteiger partial charge in [0, 0.05) is 0 Å². The fourth-order valence-electron chi connectivity index (χ4n) is 1.23. The first-order valence-corrected chi connectivity index (χ1v) is 5.37. The minimum absolute atomic E-state index is 0.175. The van der Waals surface area contributed by atoms with Gasteiger partial charge in [-0.15, -0.1) is 0 Å². The number of nitrogens with two attached hydrogens (primary N) is 1. The van der Waals surface area contributed by atoms with Crippen molar-refractivity contribution in [3.8, 4) is 11.8 Å². The molecule has 2 rings (SSSR count). The van der Waals surface area contributed by atoms with Crippen LogP contribution in [-0.2, 0) is 0 Å². The van der Waals surface area contributed by atoms with Crippen LogP contribution in [0.2, 0.25) is 5.15 Å². The third-order valence-electron chi connectivity index (χ3n) is 2.17. The summed E-state index contributed by atoms with van der Waals surface area (Å²) < 4.78 is 13.0. The topological polar surface area (TPSA) is 64.7 Å². The summed E-state index contributed by atoms with van der Waals surface area (Å²) in [6.45, 7) is 1.56. The van der Waals surface area contributed by atoms with Crippen molar-refractivity contribution >= 4 is 17.4 Å². The van der Waals surface area contributed by atoms with Crippen LogP contribution in [0.4, 0.5) is 10.2 Å². The number of rotatable bonds is 0. The van der Waals surface area contributed by atoms with E-state index < -0.39 is 0 Å². The molecule has 0 aliphatic rings. The number of pyridine rings is 1. The highest BCUT2D eigenvalue weighted by atomic mass is 35.5. The van der Waals surface area contributed by atoms with Crippen molar-refractivity contribution in [3.05, 3.63) is 46.4 Å². The van der Waals surface area contributed by atoms with Crippen LogP contribution in [0.3, 0.4) is 0 Å². The Balaban J connectivity index is 2.40. The lowest BCUT2D eigenvalue weighted by Crippen LogP contribution is -1.97. The van der Waals surface area contributed by atoms with Crippen molar-refractivity contribution in [2.45, 2.75) is 6.92 Å². The Morgan fingerprint density at radius 2 is 2.06 bits per heavy atom. The van der Waals surface area contributed by atoms with Gasteiger partial charge in [-0.2, -0.15) is 0 Å². The number of aromatic nitrogens is 3. The van der Waals surface area contributed by atoms with Crippen LogP contribution in [0.25, 0.3) is 0 Å². The predicted octanol–water partition coefficient (Wildman–Crippen LogP) is 1.95. The fourth-order valence-corrected chi connectivity index (χ4v) is 1.42. The van der Waals surface area contributed by atoms with E-state index in [-0.39, 0.29) is 22.5 Å². The van der Waals surface area contributed by atoms with E-state index in [9.17, 15) is 4.39 Å². The summed E-state index contributed by atoms with van der Waals surface area (Å²) in [6, 6.07) is 2.78. The highest BCUT2D eigenvalue weighted by molar-refractivity contribution is 6.30. The van der Waals surface area contributed by atoms with E-state index in [1.165, 1.54) is 18.5 Å². The molecular weight excluding hydrogens is 255 g/mol. The highest BCUT2D eigenvalue weighted by Crippen LogP contribution is 2.15. The van der Waals surface area contributed by atoms with E-state index >= 15 is 0 Å². The van der Waals surface area contributed by atoms with Crippen LogP contribution in [-0.4, -0.2) is 15.0 Å². The molecule has 0 aliphatic carbocycles. The molecule has 0 amide bonds. The van der Waals surface area contributed by atoms with Gasteiger partial charge in [-0.3, -0.25) is 0 Å². The maximum Gasteiger partial charge on any atom is 0.150 e. The minimum atomic E-state index is -0.374. The average molecular weight is 263 g/mol. The van der Waals surface area contributed by atoms with Crippen LogP contribution in [0.15, 0.2) is 18.5 Å². The summed E-state index contributed by atoms with van der Waals surface area (Å²) in [6.07, 6.45) is 1.25. The van der Waals surface area contributed by atoms with E-state index in [1.807, 2.05) is 0 Å². The largest absolute Gasteiger partial charge is 0.383 e. The maximum absolute atomic E-state index is 13.0. The minimum Gasteiger partial charge on any atom is -0.383 e. The molecule has 0 radical (unpaired) electrons. The van der Waals surface area contributed by atoms with Gasteiger partial charge in [0.1, 0.15) is 34.4 Å². The molecular formula is C12H8ClFN4. The van der Waals surface area contributed by atoms with Gasteiger partial charge >= 0.3 is 0 Å². The monoisotopic (exact) mass is 262 g/mol.